The lowest BCUT2D eigenvalue weighted by atomic mass is 10.1. The van der Waals surface area contributed by atoms with E-state index < -0.39 is 32.5 Å². The molecule has 0 heterocycles. The van der Waals surface area contributed by atoms with Gasteiger partial charge in [-0.05, 0) is 116 Å². The summed E-state index contributed by atoms with van der Waals surface area (Å²) in [5.74, 6) is -0.922. The Morgan fingerprint density at radius 2 is 0.724 bits per heavy atom. The quantitative estimate of drug-likeness (QED) is 0.0195. The van der Waals surface area contributed by atoms with Crippen LogP contribution in [0.4, 0.5) is 0 Å². The number of quaternary nitrogens is 1. The molecule has 0 radical (unpaired) electrons. The summed E-state index contributed by atoms with van der Waals surface area (Å²) < 4.78 is 34.1. The van der Waals surface area contributed by atoms with E-state index in [0.29, 0.717) is 30.3 Å². The summed E-state index contributed by atoms with van der Waals surface area (Å²) in [7, 11) is 1.10. The highest BCUT2D eigenvalue weighted by atomic mass is 31.2. The number of ether oxygens (including phenoxy) is 2. The fourth-order valence-corrected chi connectivity index (χ4v) is 7.85. The molecular weight excluding hydrogens is 966 g/mol. The lowest BCUT2D eigenvalue weighted by molar-refractivity contribution is -0.870. The first-order valence-electron chi connectivity index (χ1n) is 29.2. The minimum absolute atomic E-state index is 0.0520. The molecule has 0 spiro atoms. The lowest BCUT2D eigenvalue weighted by Gasteiger charge is -2.28. The molecule has 0 aromatic rings. The largest absolute Gasteiger partial charge is 0.756 e. The van der Waals surface area contributed by atoms with Gasteiger partial charge in [-0.25, -0.2) is 0 Å². The van der Waals surface area contributed by atoms with Crippen LogP contribution in [0.5, 0.6) is 0 Å². The van der Waals surface area contributed by atoms with E-state index in [1.165, 1.54) is 38.5 Å². The number of carbonyl (C=O) groups excluding carboxylic acids is 2. The van der Waals surface area contributed by atoms with Gasteiger partial charge in [-0.3, -0.25) is 14.2 Å². The van der Waals surface area contributed by atoms with Crippen LogP contribution in [0.15, 0.2) is 158 Å². The standard InChI is InChI=1S/C66H106NO8P/c1-6-8-10-12-14-16-18-20-22-24-26-28-30-31-32-33-34-35-37-39-41-43-45-47-49-51-53-55-57-59-66(69)75-64(63-74-76(70,71)73-61-60-67(3,4)5)62-72-65(68)58-56-54-52-50-48-46-44-42-40-38-36-29-27-25-23-21-19-17-15-13-11-9-7-2/h8-11,14-17,20-23,26-29,31-32,34-35,39,41,45,47,51,53,64H,6-7,12-13,18-19,24-25,30,33,36-38,40,42-44,46,48-50,52,54-63H2,1-5H3/b10-8-,11-9-,16-14-,17-15-,22-20-,23-21-,28-26-,29-27-,32-31-,35-34-,41-39-,47-45-,53-51-. The average molecular weight is 1070 g/mol. The molecule has 0 saturated carbocycles. The Kier molecular flexibility index (Phi) is 52.2. The number of allylic oxidation sites excluding steroid dienone is 26. The molecule has 10 heteroatoms. The number of esters is 2. The van der Waals surface area contributed by atoms with Gasteiger partial charge in [0, 0.05) is 12.8 Å². The molecule has 0 fully saturated rings. The molecule has 0 rings (SSSR count). The number of hydrogen-bond acceptors (Lipinski definition) is 8. The first-order chi connectivity index (χ1) is 37.0. The number of hydrogen-bond donors (Lipinski definition) is 0. The van der Waals surface area contributed by atoms with E-state index in [1.807, 2.05) is 27.2 Å². The Labute approximate surface area is 465 Å². The third-order valence-electron chi connectivity index (χ3n) is 11.5. The second-order valence-electron chi connectivity index (χ2n) is 19.9. The number of phosphoric ester groups is 1. The molecule has 0 saturated heterocycles. The number of unbranched alkanes of at least 4 members (excludes halogenated alkanes) is 11. The maximum atomic E-state index is 12.8. The molecule has 0 N–H and O–H groups in total. The highest BCUT2D eigenvalue weighted by Gasteiger charge is 2.21. The van der Waals surface area contributed by atoms with Crippen LogP contribution >= 0.6 is 7.82 Å². The smallest absolute Gasteiger partial charge is 0.306 e. The van der Waals surface area contributed by atoms with Crippen molar-refractivity contribution in [2.75, 3.05) is 47.5 Å². The van der Waals surface area contributed by atoms with Crippen molar-refractivity contribution in [3.8, 4) is 0 Å². The van der Waals surface area contributed by atoms with E-state index in [0.717, 1.165) is 109 Å². The normalized spacial score (nSPS) is 14.4. The molecule has 0 aliphatic heterocycles. The van der Waals surface area contributed by atoms with E-state index in [2.05, 4.69) is 166 Å². The third-order valence-corrected chi connectivity index (χ3v) is 12.5. The van der Waals surface area contributed by atoms with Gasteiger partial charge in [0.1, 0.15) is 19.8 Å². The van der Waals surface area contributed by atoms with Crippen LogP contribution in [-0.4, -0.2) is 70.0 Å². The van der Waals surface area contributed by atoms with Crippen molar-refractivity contribution < 1.29 is 42.1 Å². The van der Waals surface area contributed by atoms with Crippen molar-refractivity contribution in [1.82, 2.24) is 0 Å². The number of carbonyl (C=O) groups is 2. The average Bonchev–Trinajstić information content (AvgIpc) is 3.38. The minimum atomic E-state index is -4.67. The van der Waals surface area contributed by atoms with Crippen LogP contribution in [0.3, 0.4) is 0 Å². The maximum Gasteiger partial charge on any atom is 0.306 e. The molecule has 0 amide bonds. The summed E-state index contributed by atoms with van der Waals surface area (Å²) >= 11 is 0. The Bertz CT molecular complexity index is 1840. The van der Waals surface area contributed by atoms with Crippen molar-refractivity contribution in [2.45, 2.75) is 200 Å². The van der Waals surface area contributed by atoms with Crippen LogP contribution < -0.4 is 4.89 Å². The summed E-state index contributed by atoms with van der Waals surface area (Å²) in [4.78, 5) is 37.9. The zero-order valence-electron chi connectivity index (χ0n) is 48.4. The van der Waals surface area contributed by atoms with Gasteiger partial charge in [-0.1, -0.05) is 223 Å². The number of nitrogens with zero attached hydrogens (tertiary/aromatic N) is 1. The monoisotopic (exact) mass is 1070 g/mol. The van der Waals surface area contributed by atoms with Gasteiger partial charge in [-0.2, -0.15) is 0 Å². The van der Waals surface area contributed by atoms with Crippen LogP contribution in [0.1, 0.15) is 194 Å². The molecule has 0 aromatic carbocycles. The van der Waals surface area contributed by atoms with Crippen LogP contribution in [0, 0.1) is 0 Å². The lowest BCUT2D eigenvalue weighted by Crippen LogP contribution is -2.37. The fraction of sp³-hybridized carbons (Fsp3) is 0.576. The predicted molar refractivity (Wildman–Crippen MR) is 323 cm³/mol. The molecule has 0 aliphatic rings. The number of likely N-dealkylation sites (N-methyl/N-ethyl adjacent to an activating group) is 1. The Morgan fingerprint density at radius 1 is 0.408 bits per heavy atom. The zero-order valence-corrected chi connectivity index (χ0v) is 49.3. The van der Waals surface area contributed by atoms with Crippen molar-refractivity contribution >= 4 is 19.8 Å². The first-order valence-corrected chi connectivity index (χ1v) is 30.7. The second kappa shape index (κ2) is 55.4. The van der Waals surface area contributed by atoms with E-state index in [-0.39, 0.29) is 26.1 Å². The zero-order chi connectivity index (χ0) is 55.6. The topological polar surface area (TPSA) is 111 Å². The highest BCUT2D eigenvalue weighted by Crippen LogP contribution is 2.38. The third kappa shape index (κ3) is 58.9. The summed E-state index contributed by atoms with van der Waals surface area (Å²) in [6.45, 7) is 3.91. The van der Waals surface area contributed by atoms with Gasteiger partial charge in [0.2, 0.25) is 0 Å². The summed E-state index contributed by atoms with van der Waals surface area (Å²) in [6.07, 6.45) is 82.9. The van der Waals surface area contributed by atoms with Crippen molar-refractivity contribution in [3.63, 3.8) is 0 Å². The van der Waals surface area contributed by atoms with Gasteiger partial charge < -0.3 is 27.9 Å². The summed E-state index contributed by atoms with van der Waals surface area (Å²) in [6, 6.07) is 0. The van der Waals surface area contributed by atoms with Gasteiger partial charge in [0.05, 0.1) is 27.7 Å². The Balaban J connectivity index is 4.34. The highest BCUT2D eigenvalue weighted by molar-refractivity contribution is 7.45. The van der Waals surface area contributed by atoms with Gasteiger partial charge in [0.15, 0.2) is 6.10 Å². The molecule has 2 atom stereocenters. The SMILES string of the molecule is CC/C=C\C/C=C\C/C=C\C/C=C\C/C=C\C/C=C\C/C=C\C/C=C\C/C=C\CCCC(=O)OC(COC(=O)CCCCCCCCCCCC/C=C\C/C=C\C/C=C\C/C=C\CC)COP(=O)([O-])OCC[N+](C)(C)C. The van der Waals surface area contributed by atoms with Gasteiger partial charge >= 0.3 is 11.9 Å². The molecular formula is C66H106NO8P. The maximum absolute atomic E-state index is 12.8. The van der Waals surface area contributed by atoms with E-state index in [1.54, 1.807) is 0 Å². The summed E-state index contributed by atoms with van der Waals surface area (Å²) in [5, 5.41) is 0. The van der Waals surface area contributed by atoms with Gasteiger partial charge in [-0.15, -0.1) is 0 Å². The van der Waals surface area contributed by atoms with E-state index in [9.17, 15) is 19.0 Å². The second-order valence-corrected chi connectivity index (χ2v) is 21.3. The molecule has 428 valence electrons. The molecule has 76 heavy (non-hydrogen) atoms. The van der Waals surface area contributed by atoms with Crippen LogP contribution in [0.2, 0.25) is 0 Å². The Hall–Kier alpha value is -4.37. The fourth-order valence-electron chi connectivity index (χ4n) is 7.12. The van der Waals surface area contributed by atoms with Crippen LogP contribution in [0.25, 0.3) is 0 Å². The Morgan fingerprint density at radius 3 is 1.09 bits per heavy atom. The molecule has 0 aliphatic carbocycles. The molecule has 0 bridgehead atoms. The van der Waals surface area contributed by atoms with Gasteiger partial charge in [0.25, 0.3) is 7.82 Å². The van der Waals surface area contributed by atoms with Crippen LogP contribution in [-0.2, 0) is 32.7 Å². The van der Waals surface area contributed by atoms with E-state index >= 15 is 0 Å². The van der Waals surface area contributed by atoms with E-state index in [4.69, 9.17) is 18.5 Å². The number of rotatable bonds is 51. The van der Waals surface area contributed by atoms with Crippen molar-refractivity contribution in [2.24, 2.45) is 0 Å². The number of phosphoric acid groups is 1. The minimum Gasteiger partial charge on any atom is -0.756 e. The first kappa shape index (κ1) is 71.6. The van der Waals surface area contributed by atoms with Crippen molar-refractivity contribution in [3.05, 3.63) is 158 Å². The molecule has 9 nitrogen and oxygen atoms in total. The molecule has 0 aromatic heterocycles. The van der Waals surface area contributed by atoms with Crippen molar-refractivity contribution in [1.29, 1.82) is 0 Å². The molecule has 2 unspecified atom stereocenters. The predicted octanol–water partition coefficient (Wildman–Crippen LogP) is 17.8. The summed E-state index contributed by atoms with van der Waals surface area (Å²) in [5.41, 5.74) is 0.